The summed E-state index contributed by atoms with van der Waals surface area (Å²) < 4.78 is 0. The summed E-state index contributed by atoms with van der Waals surface area (Å²) >= 11 is 0. The van der Waals surface area contributed by atoms with E-state index in [1.165, 1.54) is 25.7 Å². The minimum Gasteiger partial charge on any atom is -0.323 e. The largest absolute Gasteiger partial charge is 0.323 e. The second-order valence-corrected chi connectivity index (χ2v) is 4.04. The van der Waals surface area contributed by atoms with Gasteiger partial charge in [0.25, 0.3) is 0 Å². The van der Waals surface area contributed by atoms with Crippen LogP contribution in [0.25, 0.3) is 0 Å². The zero-order valence-electron chi connectivity index (χ0n) is 8.25. The highest BCUT2D eigenvalue weighted by Crippen LogP contribution is 2.26. The molecule has 3 nitrogen and oxygen atoms in total. The van der Waals surface area contributed by atoms with Gasteiger partial charge in [-0.15, -0.1) is 0 Å². The molecule has 74 valence electrons. The van der Waals surface area contributed by atoms with E-state index in [1.54, 1.807) is 0 Å². The number of nitrogens with zero attached hydrogens (tertiary/aromatic N) is 1. The minimum atomic E-state index is 0.304. The molecule has 0 aromatic heterocycles. The fourth-order valence-corrected chi connectivity index (χ4v) is 2.55. The van der Waals surface area contributed by atoms with Gasteiger partial charge in [0.1, 0.15) is 0 Å². The zero-order chi connectivity index (χ0) is 9.26. The van der Waals surface area contributed by atoms with Crippen LogP contribution in [0.2, 0.25) is 0 Å². The van der Waals surface area contributed by atoms with Crippen LogP contribution in [0, 0.1) is 0 Å². The Morgan fingerprint density at radius 1 is 1.46 bits per heavy atom. The number of nitrogens with one attached hydrogen (secondary N) is 1. The molecule has 1 saturated heterocycles. The molecule has 3 heteroatoms. The van der Waals surface area contributed by atoms with E-state index in [9.17, 15) is 4.79 Å². The van der Waals surface area contributed by atoms with Gasteiger partial charge in [-0.2, -0.15) is 0 Å². The van der Waals surface area contributed by atoms with E-state index in [0.717, 1.165) is 6.42 Å². The van der Waals surface area contributed by atoms with Gasteiger partial charge in [-0.25, -0.2) is 0 Å². The zero-order valence-corrected chi connectivity index (χ0v) is 8.25. The summed E-state index contributed by atoms with van der Waals surface area (Å²) in [7, 11) is 0. The third kappa shape index (κ3) is 1.57. The molecule has 1 unspecified atom stereocenters. The van der Waals surface area contributed by atoms with Crippen LogP contribution in [-0.4, -0.2) is 29.6 Å². The Morgan fingerprint density at radius 2 is 2.15 bits per heavy atom. The molecule has 1 heterocycles. The van der Waals surface area contributed by atoms with Crippen LogP contribution < -0.4 is 5.32 Å². The first kappa shape index (κ1) is 9.00. The Kier molecular flexibility index (Phi) is 2.54. The molecule has 1 aliphatic heterocycles. The molecule has 0 spiro atoms. The molecule has 2 rings (SSSR count). The maximum absolute atomic E-state index is 11.6. The van der Waals surface area contributed by atoms with Crippen molar-refractivity contribution in [1.82, 2.24) is 10.2 Å². The van der Waals surface area contributed by atoms with Crippen molar-refractivity contribution in [2.24, 2.45) is 0 Å². The molecule has 1 N–H and O–H groups in total. The average molecular weight is 182 g/mol. The molecule has 1 atom stereocenters. The molecular weight excluding hydrogens is 164 g/mol. The molecule has 1 amide bonds. The molecule has 2 fully saturated rings. The van der Waals surface area contributed by atoms with Gasteiger partial charge in [0.05, 0.1) is 12.7 Å². The van der Waals surface area contributed by atoms with Crippen LogP contribution in [0.1, 0.15) is 39.0 Å². The summed E-state index contributed by atoms with van der Waals surface area (Å²) in [5.74, 6) is 0.304. The first-order valence-electron chi connectivity index (χ1n) is 5.37. The van der Waals surface area contributed by atoms with Crippen LogP contribution in [-0.2, 0) is 4.79 Å². The highest BCUT2D eigenvalue weighted by atomic mass is 16.2. The van der Waals surface area contributed by atoms with Gasteiger partial charge >= 0.3 is 0 Å². The number of amides is 1. The highest BCUT2D eigenvalue weighted by Gasteiger charge is 2.35. The van der Waals surface area contributed by atoms with Crippen LogP contribution in [0.3, 0.4) is 0 Å². The third-order valence-electron chi connectivity index (χ3n) is 3.22. The Balaban J connectivity index is 2.04. The molecule has 0 aromatic rings. The van der Waals surface area contributed by atoms with E-state index in [1.807, 2.05) is 0 Å². The SMILES string of the molecule is CCC1NCC(=O)N1C1CCCC1. The van der Waals surface area contributed by atoms with Gasteiger partial charge in [-0.1, -0.05) is 19.8 Å². The third-order valence-corrected chi connectivity index (χ3v) is 3.22. The van der Waals surface area contributed by atoms with Crippen molar-refractivity contribution in [2.45, 2.75) is 51.2 Å². The number of hydrogen-bond donors (Lipinski definition) is 1. The van der Waals surface area contributed by atoms with Gasteiger partial charge in [-0.3, -0.25) is 10.1 Å². The summed E-state index contributed by atoms with van der Waals surface area (Å²) in [5.41, 5.74) is 0. The van der Waals surface area contributed by atoms with Crippen molar-refractivity contribution in [3.05, 3.63) is 0 Å². The Bertz CT molecular complexity index is 199. The van der Waals surface area contributed by atoms with E-state index in [2.05, 4.69) is 17.1 Å². The van der Waals surface area contributed by atoms with Crippen molar-refractivity contribution in [3.63, 3.8) is 0 Å². The summed E-state index contributed by atoms with van der Waals surface area (Å²) in [6, 6.07) is 0.535. The maximum Gasteiger partial charge on any atom is 0.238 e. The first-order chi connectivity index (χ1) is 6.33. The Morgan fingerprint density at radius 3 is 2.77 bits per heavy atom. The van der Waals surface area contributed by atoms with Gasteiger partial charge < -0.3 is 4.90 Å². The molecule has 1 aliphatic carbocycles. The number of carbonyl (C=O) groups excluding carboxylic acids is 1. The van der Waals surface area contributed by atoms with Crippen LogP contribution in [0.15, 0.2) is 0 Å². The second kappa shape index (κ2) is 3.66. The van der Waals surface area contributed by atoms with Gasteiger partial charge in [0.15, 0.2) is 0 Å². The van der Waals surface area contributed by atoms with Crippen molar-refractivity contribution < 1.29 is 4.79 Å². The van der Waals surface area contributed by atoms with E-state index in [4.69, 9.17) is 0 Å². The van der Waals surface area contributed by atoms with E-state index < -0.39 is 0 Å². The van der Waals surface area contributed by atoms with Crippen molar-refractivity contribution in [2.75, 3.05) is 6.54 Å². The molecular formula is C10H18N2O. The number of rotatable bonds is 2. The lowest BCUT2D eigenvalue weighted by molar-refractivity contribution is -0.130. The van der Waals surface area contributed by atoms with Gasteiger partial charge in [0, 0.05) is 6.04 Å². The van der Waals surface area contributed by atoms with E-state index >= 15 is 0 Å². The standard InChI is InChI=1S/C10H18N2O/c1-2-9-11-7-10(13)12(9)8-5-3-4-6-8/h8-9,11H,2-7H2,1H3. The summed E-state index contributed by atoms with van der Waals surface area (Å²) in [6.07, 6.45) is 6.36. The van der Waals surface area contributed by atoms with E-state index in [0.29, 0.717) is 24.7 Å². The lowest BCUT2D eigenvalue weighted by Crippen LogP contribution is -2.43. The molecule has 0 aromatic carbocycles. The minimum absolute atomic E-state index is 0.304. The fraction of sp³-hybridized carbons (Fsp3) is 0.900. The van der Waals surface area contributed by atoms with Crippen molar-refractivity contribution in [3.8, 4) is 0 Å². The summed E-state index contributed by atoms with van der Waals surface area (Å²) in [6.45, 7) is 2.69. The first-order valence-corrected chi connectivity index (χ1v) is 5.37. The van der Waals surface area contributed by atoms with Gasteiger partial charge in [0.2, 0.25) is 5.91 Å². The van der Waals surface area contributed by atoms with Gasteiger partial charge in [-0.05, 0) is 19.3 Å². The smallest absolute Gasteiger partial charge is 0.238 e. The summed E-state index contributed by atoms with van der Waals surface area (Å²) in [4.78, 5) is 13.7. The van der Waals surface area contributed by atoms with E-state index in [-0.39, 0.29) is 0 Å². The van der Waals surface area contributed by atoms with Crippen molar-refractivity contribution >= 4 is 5.91 Å². The normalized spacial score (nSPS) is 30.4. The molecule has 0 bridgehead atoms. The summed E-state index contributed by atoms with van der Waals surface area (Å²) in [5, 5.41) is 3.26. The van der Waals surface area contributed by atoms with Crippen LogP contribution >= 0.6 is 0 Å². The Labute approximate surface area is 79.5 Å². The topological polar surface area (TPSA) is 32.3 Å². The predicted octanol–water partition coefficient (Wildman–Crippen LogP) is 1.10. The quantitative estimate of drug-likeness (QED) is 0.693. The van der Waals surface area contributed by atoms with Crippen LogP contribution in [0.5, 0.6) is 0 Å². The highest BCUT2D eigenvalue weighted by molar-refractivity contribution is 5.81. The maximum atomic E-state index is 11.6. The van der Waals surface area contributed by atoms with Crippen molar-refractivity contribution in [1.29, 1.82) is 0 Å². The van der Waals surface area contributed by atoms with Crippen LogP contribution in [0.4, 0.5) is 0 Å². The predicted molar refractivity (Wildman–Crippen MR) is 51.2 cm³/mol. The average Bonchev–Trinajstić information content (AvgIpc) is 2.72. The molecule has 0 radical (unpaired) electrons. The lowest BCUT2D eigenvalue weighted by atomic mass is 10.2. The number of carbonyl (C=O) groups is 1. The molecule has 2 aliphatic rings. The second-order valence-electron chi connectivity index (χ2n) is 4.04. The fourth-order valence-electron chi connectivity index (χ4n) is 2.55. The monoisotopic (exact) mass is 182 g/mol. The lowest BCUT2D eigenvalue weighted by Gasteiger charge is -2.29. The number of hydrogen-bond acceptors (Lipinski definition) is 2. The Hall–Kier alpha value is -0.570. The molecule has 1 saturated carbocycles. The molecule has 13 heavy (non-hydrogen) atoms.